The van der Waals surface area contributed by atoms with Crippen LogP contribution in [-0.4, -0.2) is 47.4 Å². The van der Waals surface area contributed by atoms with Gasteiger partial charge in [-0.3, -0.25) is 4.90 Å². The summed E-state index contributed by atoms with van der Waals surface area (Å²) in [5, 5.41) is 11.6. The van der Waals surface area contributed by atoms with Crippen LogP contribution in [-0.2, 0) is 11.3 Å². The largest absolute Gasteiger partial charge is 0.387 e. The van der Waals surface area contributed by atoms with E-state index in [-0.39, 0.29) is 0 Å². The minimum absolute atomic E-state index is 0.440. The van der Waals surface area contributed by atoms with Gasteiger partial charge in [0.05, 0.1) is 12.2 Å². The second-order valence-corrected chi connectivity index (χ2v) is 5.83. The summed E-state index contributed by atoms with van der Waals surface area (Å²) in [5.41, 5.74) is 1.88. The zero-order valence-corrected chi connectivity index (χ0v) is 11.9. The molecule has 4 heteroatoms. The van der Waals surface area contributed by atoms with E-state index < -0.39 is 5.60 Å². The van der Waals surface area contributed by atoms with Crippen LogP contribution in [0.15, 0.2) is 30.5 Å². The van der Waals surface area contributed by atoms with Crippen LogP contribution in [0.3, 0.4) is 0 Å². The van der Waals surface area contributed by atoms with Crippen molar-refractivity contribution >= 4 is 10.9 Å². The van der Waals surface area contributed by atoms with Crippen molar-refractivity contribution in [3.05, 3.63) is 36.0 Å². The summed E-state index contributed by atoms with van der Waals surface area (Å²) in [6.45, 7) is 3.22. The molecule has 0 amide bonds. The van der Waals surface area contributed by atoms with E-state index in [4.69, 9.17) is 4.74 Å². The minimum Gasteiger partial charge on any atom is -0.387 e. The van der Waals surface area contributed by atoms with Crippen molar-refractivity contribution in [3.63, 3.8) is 0 Å². The number of rotatable bonds is 4. The molecule has 4 nitrogen and oxygen atoms in total. The molecule has 1 aliphatic rings. The first-order valence-corrected chi connectivity index (χ1v) is 7.18. The Morgan fingerprint density at radius 1 is 1.30 bits per heavy atom. The van der Waals surface area contributed by atoms with Crippen LogP contribution in [0.2, 0.25) is 0 Å². The summed E-state index contributed by atoms with van der Waals surface area (Å²) >= 11 is 0. The van der Waals surface area contributed by atoms with Gasteiger partial charge in [0.25, 0.3) is 0 Å². The Kier molecular flexibility index (Phi) is 3.78. The van der Waals surface area contributed by atoms with E-state index in [9.17, 15) is 5.11 Å². The number of fused-ring (bicyclic) bond motifs is 1. The number of benzene rings is 1. The molecule has 0 aliphatic carbocycles. The van der Waals surface area contributed by atoms with E-state index in [0.29, 0.717) is 6.61 Å². The van der Waals surface area contributed by atoms with Crippen LogP contribution in [0.5, 0.6) is 0 Å². The third-order valence-corrected chi connectivity index (χ3v) is 4.23. The summed E-state index contributed by atoms with van der Waals surface area (Å²) in [5.74, 6) is 0. The molecule has 1 saturated heterocycles. The zero-order chi connectivity index (χ0) is 14.0. The predicted molar refractivity (Wildman–Crippen MR) is 79.6 cm³/mol. The zero-order valence-electron chi connectivity index (χ0n) is 11.9. The van der Waals surface area contributed by atoms with Gasteiger partial charge < -0.3 is 14.8 Å². The first-order chi connectivity index (χ1) is 9.68. The lowest BCUT2D eigenvalue weighted by Crippen LogP contribution is -2.46. The van der Waals surface area contributed by atoms with E-state index in [0.717, 1.165) is 32.5 Å². The number of likely N-dealkylation sites (tertiary alicyclic amines) is 1. The molecule has 1 aliphatic heterocycles. The quantitative estimate of drug-likeness (QED) is 0.898. The van der Waals surface area contributed by atoms with Gasteiger partial charge in [-0.05, 0) is 35.9 Å². The number of aromatic amines is 1. The average Bonchev–Trinajstić information content (AvgIpc) is 2.89. The molecule has 1 aromatic carbocycles. The molecule has 0 unspecified atom stereocenters. The fraction of sp³-hybridized carbons (Fsp3) is 0.500. The van der Waals surface area contributed by atoms with Crippen molar-refractivity contribution in [1.82, 2.24) is 9.88 Å². The molecule has 0 saturated carbocycles. The maximum absolute atomic E-state index is 10.3. The molecule has 3 rings (SSSR count). The van der Waals surface area contributed by atoms with Gasteiger partial charge in [0.15, 0.2) is 0 Å². The summed E-state index contributed by atoms with van der Waals surface area (Å²) in [6, 6.07) is 8.65. The molecular weight excluding hydrogens is 252 g/mol. The Hall–Kier alpha value is -1.36. The van der Waals surface area contributed by atoms with Crippen LogP contribution in [0.4, 0.5) is 0 Å². The molecule has 108 valence electrons. The van der Waals surface area contributed by atoms with Crippen molar-refractivity contribution in [2.24, 2.45) is 0 Å². The first-order valence-electron chi connectivity index (χ1n) is 7.18. The van der Waals surface area contributed by atoms with Gasteiger partial charge in [-0.25, -0.2) is 0 Å². The first kappa shape index (κ1) is 13.6. The minimum atomic E-state index is -0.630. The van der Waals surface area contributed by atoms with E-state index in [1.807, 2.05) is 6.20 Å². The Labute approximate surface area is 119 Å². The Morgan fingerprint density at radius 3 is 2.85 bits per heavy atom. The average molecular weight is 274 g/mol. The van der Waals surface area contributed by atoms with Gasteiger partial charge in [0.1, 0.15) is 0 Å². The fourth-order valence-corrected chi connectivity index (χ4v) is 2.99. The second kappa shape index (κ2) is 5.56. The normalized spacial score (nSPS) is 19.5. The number of hydrogen-bond acceptors (Lipinski definition) is 3. The molecule has 1 fully saturated rings. The maximum atomic E-state index is 10.3. The van der Waals surface area contributed by atoms with Crippen LogP contribution < -0.4 is 0 Å². The molecule has 0 spiro atoms. The van der Waals surface area contributed by atoms with Crippen molar-refractivity contribution in [2.75, 3.05) is 26.8 Å². The number of hydrogen-bond donors (Lipinski definition) is 2. The van der Waals surface area contributed by atoms with E-state index in [2.05, 4.69) is 34.1 Å². The summed E-state index contributed by atoms with van der Waals surface area (Å²) in [7, 11) is 1.65. The van der Waals surface area contributed by atoms with Gasteiger partial charge in [0, 0.05) is 38.5 Å². The van der Waals surface area contributed by atoms with Crippen LogP contribution in [0.1, 0.15) is 18.4 Å². The SMILES string of the molecule is COCC1(O)CCN(Cc2ccc3cc[nH]c3c2)CC1. The van der Waals surface area contributed by atoms with Crippen LogP contribution in [0.25, 0.3) is 10.9 Å². The Bertz CT molecular complexity index is 571. The maximum Gasteiger partial charge on any atom is 0.0904 e. The Morgan fingerprint density at radius 2 is 2.10 bits per heavy atom. The van der Waals surface area contributed by atoms with Gasteiger partial charge >= 0.3 is 0 Å². The third kappa shape index (κ3) is 2.87. The summed E-state index contributed by atoms with van der Waals surface area (Å²) in [4.78, 5) is 5.65. The lowest BCUT2D eigenvalue weighted by Gasteiger charge is -2.37. The highest BCUT2D eigenvalue weighted by Gasteiger charge is 2.32. The summed E-state index contributed by atoms with van der Waals surface area (Å²) < 4.78 is 5.10. The monoisotopic (exact) mass is 274 g/mol. The van der Waals surface area contributed by atoms with Crippen molar-refractivity contribution < 1.29 is 9.84 Å². The molecule has 20 heavy (non-hydrogen) atoms. The topological polar surface area (TPSA) is 48.5 Å². The van der Waals surface area contributed by atoms with Crippen molar-refractivity contribution in [2.45, 2.75) is 25.0 Å². The predicted octanol–water partition coefficient (Wildman–Crippen LogP) is 2.14. The van der Waals surface area contributed by atoms with E-state index in [1.165, 1.54) is 16.5 Å². The number of nitrogens with one attached hydrogen (secondary N) is 1. The number of aliphatic hydroxyl groups is 1. The highest BCUT2D eigenvalue weighted by Crippen LogP contribution is 2.24. The lowest BCUT2D eigenvalue weighted by atomic mass is 9.92. The number of H-pyrrole nitrogens is 1. The highest BCUT2D eigenvalue weighted by molar-refractivity contribution is 5.79. The fourth-order valence-electron chi connectivity index (χ4n) is 2.99. The van der Waals surface area contributed by atoms with E-state index in [1.54, 1.807) is 7.11 Å². The van der Waals surface area contributed by atoms with E-state index >= 15 is 0 Å². The molecular formula is C16H22N2O2. The molecule has 0 atom stereocenters. The number of methoxy groups -OCH3 is 1. The van der Waals surface area contributed by atoms with Crippen LogP contribution >= 0.6 is 0 Å². The Balaban J connectivity index is 1.61. The van der Waals surface area contributed by atoms with Gasteiger partial charge in [0.2, 0.25) is 0 Å². The third-order valence-electron chi connectivity index (χ3n) is 4.23. The van der Waals surface area contributed by atoms with Crippen molar-refractivity contribution in [3.8, 4) is 0 Å². The standard InChI is InChI=1S/C16H22N2O2/c1-20-12-16(19)5-8-18(9-6-16)11-13-2-3-14-4-7-17-15(14)10-13/h2-4,7,10,17,19H,5-6,8-9,11-12H2,1H3. The summed E-state index contributed by atoms with van der Waals surface area (Å²) in [6.07, 6.45) is 3.54. The van der Waals surface area contributed by atoms with Gasteiger partial charge in [-0.2, -0.15) is 0 Å². The van der Waals surface area contributed by atoms with Crippen molar-refractivity contribution in [1.29, 1.82) is 0 Å². The highest BCUT2D eigenvalue weighted by atomic mass is 16.5. The van der Waals surface area contributed by atoms with Gasteiger partial charge in [-0.1, -0.05) is 12.1 Å². The van der Waals surface area contributed by atoms with Gasteiger partial charge in [-0.15, -0.1) is 0 Å². The molecule has 2 aromatic rings. The molecule has 0 radical (unpaired) electrons. The second-order valence-electron chi connectivity index (χ2n) is 5.83. The molecule has 2 N–H and O–H groups in total. The number of nitrogens with zero attached hydrogens (tertiary/aromatic N) is 1. The molecule has 0 bridgehead atoms. The number of aromatic nitrogens is 1. The lowest BCUT2D eigenvalue weighted by molar-refractivity contribution is -0.0719. The smallest absolute Gasteiger partial charge is 0.0904 e. The number of piperidine rings is 1. The number of ether oxygens (including phenoxy) is 1. The molecule has 2 heterocycles. The molecule has 1 aromatic heterocycles. The van der Waals surface area contributed by atoms with Crippen LogP contribution in [0, 0.1) is 0 Å².